The van der Waals surface area contributed by atoms with Gasteiger partial charge in [-0.25, -0.2) is 14.3 Å². The molecule has 27 heavy (non-hydrogen) atoms. The van der Waals surface area contributed by atoms with E-state index in [4.69, 9.17) is 9.84 Å². The average molecular weight is 382 g/mol. The molecule has 0 aliphatic rings. The highest BCUT2D eigenvalue weighted by Crippen LogP contribution is 2.28. The Morgan fingerprint density at radius 2 is 2.07 bits per heavy atom. The topological polar surface area (TPSA) is 114 Å². The molecule has 2 heterocycles. The van der Waals surface area contributed by atoms with Crippen molar-refractivity contribution in [3.63, 3.8) is 0 Å². The molecule has 0 spiro atoms. The zero-order chi connectivity index (χ0) is 19.6. The number of benzene rings is 1. The fourth-order valence-corrected chi connectivity index (χ4v) is 1.79. The minimum atomic E-state index is -4.66. The number of carbonyl (C=O) groups is 1. The second-order valence-corrected chi connectivity index (χ2v) is 4.83. The Morgan fingerprint density at radius 3 is 2.70 bits per heavy atom. The third-order valence-corrected chi connectivity index (χ3v) is 2.97. The van der Waals surface area contributed by atoms with Crippen molar-refractivity contribution in [2.75, 3.05) is 0 Å². The summed E-state index contributed by atoms with van der Waals surface area (Å²) < 4.78 is 61.0. The zero-order valence-electron chi connectivity index (χ0n) is 12.8. The molecule has 0 radical (unpaired) electrons. The molecule has 0 atom stereocenters. The van der Waals surface area contributed by atoms with Crippen LogP contribution >= 0.6 is 0 Å². The largest absolute Gasteiger partial charge is 0.476 e. The molecule has 3 aromatic rings. The van der Waals surface area contributed by atoms with E-state index in [2.05, 4.69) is 36.7 Å². The lowest BCUT2D eigenvalue weighted by atomic mass is 10.2. The van der Waals surface area contributed by atoms with Crippen LogP contribution in [0.15, 0.2) is 28.9 Å². The normalized spacial score (nSPS) is 11.0. The minimum absolute atomic E-state index is 0.0906. The number of oxazole rings is 1. The van der Waals surface area contributed by atoms with Crippen molar-refractivity contribution in [2.24, 2.45) is 0 Å². The molecule has 3 rings (SSSR count). The quantitative estimate of drug-likeness (QED) is 0.529. The maximum atomic E-state index is 14.1. The van der Waals surface area contributed by atoms with E-state index in [-0.39, 0.29) is 17.2 Å². The van der Waals surface area contributed by atoms with E-state index in [0.717, 1.165) is 12.1 Å². The van der Waals surface area contributed by atoms with Gasteiger partial charge in [-0.1, -0.05) is 11.1 Å². The summed E-state index contributed by atoms with van der Waals surface area (Å²) in [6.07, 6.45) is -4.25. The molecular weight excluding hydrogens is 376 g/mol. The molecule has 12 heteroatoms. The summed E-state index contributed by atoms with van der Waals surface area (Å²) in [7, 11) is 0. The fourth-order valence-electron chi connectivity index (χ4n) is 1.79. The van der Waals surface area contributed by atoms with Crippen molar-refractivity contribution >= 4 is 5.97 Å². The lowest BCUT2D eigenvalue weighted by molar-refractivity contribution is -0.141. The molecule has 0 saturated carbocycles. The Labute approximate surface area is 146 Å². The van der Waals surface area contributed by atoms with E-state index >= 15 is 0 Å². The molecule has 138 valence electrons. The number of alkyl halides is 3. The molecule has 0 unspecified atom stereocenters. The number of aromatic amines is 1. The van der Waals surface area contributed by atoms with E-state index in [1.807, 2.05) is 0 Å². The monoisotopic (exact) mass is 382 g/mol. The zero-order valence-corrected chi connectivity index (χ0v) is 12.8. The van der Waals surface area contributed by atoms with Gasteiger partial charge in [-0.3, -0.25) is 0 Å². The number of hydrogen-bond donors (Lipinski definition) is 2. The Kier molecular flexibility index (Phi) is 4.51. The van der Waals surface area contributed by atoms with Crippen LogP contribution < -0.4 is 4.74 Å². The molecule has 0 amide bonds. The SMILES string of the molecule is O=C(O)c1nn[nH]c1Oc1ccc(C#Cc2nc(C(F)(F)F)co2)cc1F. The van der Waals surface area contributed by atoms with Crippen LogP contribution in [0.3, 0.4) is 0 Å². The van der Waals surface area contributed by atoms with Gasteiger partial charge in [-0.05, 0) is 24.1 Å². The Bertz CT molecular complexity index is 1060. The summed E-state index contributed by atoms with van der Waals surface area (Å²) in [6, 6.07) is 3.37. The molecule has 0 saturated heterocycles. The Balaban J connectivity index is 1.79. The molecule has 2 aromatic heterocycles. The molecular formula is C15H6F4N4O4. The van der Waals surface area contributed by atoms with Crippen LogP contribution in [0.25, 0.3) is 0 Å². The van der Waals surface area contributed by atoms with Gasteiger partial charge >= 0.3 is 12.1 Å². The first-order valence-corrected chi connectivity index (χ1v) is 6.90. The first-order chi connectivity index (χ1) is 12.7. The standard InChI is InChI=1S/C15H6F4N4O4/c16-8-5-7(2-4-11-20-10(6-26-11)15(17,18)19)1-3-9(8)27-13-12(14(24)25)21-23-22-13/h1,3,5-6H,(H,24,25)(H,21,22,23). The molecule has 0 fully saturated rings. The highest BCUT2D eigenvalue weighted by Gasteiger charge is 2.34. The second kappa shape index (κ2) is 6.79. The number of hydrogen-bond acceptors (Lipinski definition) is 6. The number of H-pyrrole nitrogens is 1. The van der Waals surface area contributed by atoms with Gasteiger partial charge in [0.1, 0.15) is 6.26 Å². The minimum Gasteiger partial charge on any atom is -0.476 e. The molecule has 1 aromatic carbocycles. The number of aromatic nitrogens is 4. The van der Waals surface area contributed by atoms with Gasteiger partial charge in [0.15, 0.2) is 17.3 Å². The average Bonchev–Trinajstić information content (AvgIpc) is 3.24. The van der Waals surface area contributed by atoms with Crippen LogP contribution in [0.1, 0.15) is 27.6 Å². The van der Waals surface area contributed by atoms with Crippen LogP contribution in [-0.4, -0.2) is 31.5 Å². The number of aromatic carboxylic acids is 1. The van der Waals surface area contributed by atoms with Gasteiger partial charge in [0.25, 0.3) is 11.8 Å². The van der Waals surface area contributed by atoms with E-state index in [0.29, 0.717) is 6.26 Å². The molecule has 0 bridgehead atoms. The van der Waals surface area contributed by atoms with Crippen molar-refractivity contribution in [3.05, 3.63) is 53.1 Å². The van der Waals surface area contributed by atoms with Crippen LogP contribution in [0.2, 0.25) is 0 Å². The molecule has 8 nitrogen and oxygen atoms in total. The first kappa shape index (κ1) is 17.9. The van der Waals surface area contributed by atoms with Crippen molar-refractivity contribution in [1.29, 1.82) is 0 Å². The summed E-state index contributed by atoms with van der Waals surface area (Å²) in [5.41, 5.74) is -1.68. The van der Waals surface area contributed by atoms with Crippen LogP contribution in [-0.2, 0) is 6.18 Å². The maximum Gasteiger partial charge on any atom is 0.436 e. The van der Waals surface area contributed by atoms with E-state index in [9.17, 15) is 22.4 Å². The lowest BCUT2D eigenvalue weighted by Crippen LogP contribution is -2.04. The predicted octanol–water partition coefficient (Wildman–Crippen LogP) is 2.84. The van der Waals surface area contributed by atoms with Crippen LogP contribution in [0, 0.1) is 17.7 Å². The van der Waals surface area contributed by atoms with Crippen molar-refractivity contribution in [3.8, 4) is 23.5 Å². The van der Waals surface area contributed by atoms with E-state index in [1.54, 1.807) is 0 Å². The summed E-state index contributed by atoms with van der Waals surface area (Å²) in [5.74, 6) is 1.08. The van der Waals surface area contributed by atoms with Crippen LogP contribution in [0.5, 0.6) is 11.6 Å². The van der Waals surface area contributed by atoms with Gasteiger partial charge in [-0.15, -0.1) is 5.10 Å². The maximum absolute atomic E-state index is 14.1. The Morgan fingerprint density at radius 1 is 1.30 bits per heavy atom. The smallest absolute Gasteiger partial charge is 0.436 e. The highest BCUT2D eigenvalue weighted by molar-refractivity contribution is 5.87. The lowest BCUT2D eigenvalue weighted by Gasteiger charge is -2.04. The molecule has 0 aliphatic carbocycles. The summed E-state index contributed by atoms with van der Waals surface area (Å²) in [5, 5.41) is 17.6. The highest BCUT2D eigenvalue weighted by atomic mass is 19.4. The molecule has 2 N–H and O–H groups in total. The van der Waals surface area contributed by atoms with E-state index < -0.39 is 35.2 Å². The first-order valence-electron chi connectivity index (χ1n) is 6.90. The van der Waals surface area contributed by atoms with Gasteiger partial charge in [-0.2, -0.15) is 18.2 Å². The predicted molar refractivity (Wildman–Crippen MR) is 77.3 cm³/mol. The van der Waals surface area contributed by atoms with Gasteiger partial charge in [0.2, 0.25) is 5.69 Å². The van der Waals surface area contributed by atoms with Crippen LogP contribution in [0.4, 0.5) is 17.6 Å². The van der Waals surface area contributed by atoms with Crippen molar-refractivity contribution < 1.29 is 36.6 Å². The Hall–Kier alpha value is -3.88. The van der Waals surface area contributed by atoms with Gasteiger partial charge in [0, 0.05) is 5.56 Å². The fraction of sp³-hybridized carbons (Fsp3) is 0.0667. The summed E-state index contributed by atoms with van der Waals surface area (Å²) in [4.78, 5) is 14.1. The second-order valence-electron chi connectivity index (χ2n) is 4.83. The number of rotatable bonds is 3. The number of carboxylic acid groups (broad SMARTS) is 1. The number of nitrogens with one attached hydrogen (secondary N) is 1. The van der Waals surface area contributed by atoms with Crippen molar-refractivity contribution in [1.82, 2.24) is 20.4 Å². The van der Waals surface area contributed by atoms with Gasteiger partial charge in [0.05, 0.1) is 0 Å². The number of ether oxygens (including phenoxy) is 1. The third-order valence-electron chi connectivity index (χ3n) is 2.97. The van der Waals surface area contributed by atoms with E-state index in [1.165, 1.54) is 6.07 Å². The number of nitrogens with zero attached hydrogens (tertiary/aromatic N) is 3. The number of halogens is 4. The molecule has 0 aliphatic heterocycles. The number of carboxylic acids is 1. The van der Waals surface area contributed by atoms with Crippen molar-refractivity contribution in [2.45, 2.75) is 6.18 Å². The summed E-state index contributed by atoms with van der Waals surface area (Å²) in [6.45, 7) is 0. The summed E-state index contributed by atoms with van der Waals surface area (Å²) >= 11 is 0. The van der Waals surface area contributed by atoms with Gasteiger partial charge < -0.3 is 14.3 Å². The third kappa shape index (κ3) is 4.03.